The molecule has 2 aliphatic carbocycles. The molecule has 2 fully saturated rings. The van der Waals surface area contributed by atoms with E-state index in [2.05, 4.69) is 25.8 Å². The fourth-order valence-electron chi connectivity index (χ4n) is 4.06. The number of ketones is 1. The number of nitrogens with zero attached hydrogens (tertiary/aromatic N) is 1. The quantitative estimate of drug-likeness (QED) is 0.382. The minimum Gasteiger partial charge on any atom is -0.386 e. The minimum absolute atomic E-state index is 0.127. The number of aliphatic imine (C=N–C) groups is 1. The molecule has 3 nitrogen and oxygen atoms in total. The summed E-state index contributed by atoms with van der Waals surface area (Å²) in [5, 5.41) is 9.93. The first-order valence-electron chi connectivity index (χ1n) is 13.1. The van der Waals surface area contributed by atoms with E-state index in [1.807, 2.05) is 25.1 Å². The summed E-state index contributed by atoms with van der Waals surface area (Å²) < 4.78 is 37.5. The maximum absolute atomic E-state index is 12.5. The molecule has 1 aromatic rings. The van der Waals surface area contributed by atoms with Crippen molar-refractivity contribution in [1.29, 1.82) is 0 Å². The summed E-state index contributed by atoms with van der Waals surface area (Å²) in [6.45, 7) is 13.8. The first kappa shape index (κ1) is 31.3. The van der Waals surface area contributed by atoms with Crippen LogP contribution in [0.5, 0.6) is 0 Å². The molecule has 0 radical (unpaired) electrons. The smallest absolute Gasteiger partial charge is 0.386 e. The van der Waals surface area contributed by atoms with Crippen molar-refractivity contribution in [2.75, 3.05) is 0 Å². The second kappa shape index (κ2) is 13.6. The fourth-order valence-corrected chi connectivity index (χ4v) is 4.06. The van der Waals surface area contributed by atoms with Crippen molar-refractivity contribution >= 4 is 17.2 Å². The van der Waals surface area contributed by atoms with Gasteiger partial charge >= 0.3 is 6.18 Å². The van der Waals surface area contributed by atoms with Gasteiger partial charge in [-0.05, 0) is 70.1 Å². The zero-order chi connectivity index (χ0) is 26.9. The lowest BCUT2D eigenvalue weighted by Crippen LogP contribution is -2.45. The molecule has 0 aromatic heterocycles. The standard InChI is InChI=1S/C15H23NO.C9H13F3O.C5H10/c1-6-7-12(3)16-14-9-8-13(10-11(14)2)15(4,5)17;1-2-7(13)6-8(4-3-5-8)9(10,11)12;1-5-3-2-4-5/h8-10,17H,6-7H2,1-5H3;2-6H2,1H3;5H,2-4H2,1H3. The van der Waals surface area contributed by atoms with Gasteiger partial charge in [0.25, 0.3) is 0 Å². The Morgan fingerprint density at radius 1 is 1.14 bits per heavy atom. The first-order chi connectivity index (χ1) is 16.1. The third kappa shape index (κ3) is 10.1. The van der Waals surface area contributed by atoms with E-state index in [1.165, 1.54) is 19.3 Å². The molecule has 0 heterocycles. The molecule has 0 aliphatic heterocycles. The SMILES string of the molecule is CC1CCC1.CCC(=O)CC1(C(F)(F)F)CCC1.CCCC(C)=Nc1ccc(C(C)(C)O)cc1C. The zero-order valence-corrected chi connectivity index (χ0v) is 22.8. The van der Waals surface area contributed by atoms with Crippen LogP contribution in [0.1, 0.15) is 117 Å². The summed E-state index contributed by atoms with van der Waals surface area (Å²) in [4.78, 5) is 15.6. The fraction of sp³-hybridized carbons (Fsp3) is 0.724. The number of aliphatic hydroxyl groups is 1. The Kier molecular flexibility index (Phi) is 12.2. The Morgan fingerprint density at radius 3 is 2.03 bits per heavy atom. The van der Waals surface area contributed by atoms with Gasteiger partial charge in [0, 0.05) is 18.6 Å². The number of hydrogen-bond donors (Lipinski definition) is 1. The molecule has 1 N–H and O–H groups in total. The van der Waals surface area contributed by atoms with Crippen LogP contribution in [-0.2, 0) is 10.4 Å². The Labute approximate surface area is 210 Å². The van der Waals surface area contributed by atoms with Crippen LogP contribution in [0.25, 0.3) is 0 Å². The number of aryl methyl sites for hydroxylation is 1. The van der Waals surface area contributed by atoms with Crippen molar-refractivity contribution in [3.05, 3.63) is 29.3 Å². The van der Waals surface area contributed by atoms with Gasteiger partial charge in [0.1, 0.15) is 5.78 Å². The van der Waals surface area contributed by atoms with Crippen LogP contribution in [-0.4, -0.2) is 22.8 Å². The Morgan fingerprint density at radius 2 is 1.71 bits per heavy atom. The maximum Gasteiger partial charge on any atom is 0.394 e. The molecule has 2 aliphatic rings. The Balaban J connectivity index is 0.000000298. The van der Waals surface area contributed by atoms with Gasteiger partial charge in [0.05, 0.1) is 16.7 Å². The molecule has 6 heteroatoms. The van der Waals surface area contributed by atoms with Crippen LogP contribution in [0.4, 0.5) is 18.9 Å². The summed E-state index contributed by atoms with van der Waals surface area (Å²) in [7, 11) is 0. The summed E-state index contributed by atoms with van der Waals surface area (Å²) in [6, 6.07) is 5.95. The van der Waals surface area contributed by atoms with Gasteiger partial charge in [-0.1, -0.05) is 65.0 Å². The van der Waals surface area contributed by atoms with E-state index in [0.717, 1.165) is 41.3 Å². The van der Waals surface area contributed by atoms with Crippen LogP contribution >= 0.6 is 0 Å². The summed E-state index contributed by atoms with van der Waals surface area (Å²) in [5.74, 6) is 0.784. The monoisotopic (exact) mass is 497 g/mol. The van der Waals surface area contributed by atoms with Gasteiger partial charge in [0.15, 0.2) is 0 Å². The van der Waals surface area contributed by atoms with Gasteiger partial charge < -0.3 is 5.11 Å². The first-order valence-corrected chi connectivity index (χ1v) is 13.1. The van der Waals surface area contributed by atoms with Crippen molar-refractivity contribution in [2.45, 2.75) is 124 Å². The van der Waals surface area contributed by atoms with Crippen LogP contribution in [0, 0.1) is 18.3 Å². The van der Waals surface area contributed by atoms with E-state index in [0.29, 0.717) is 6.42 Å². The number of halogens is 3. The number of Topliss-reactive ketones (excluding diaryl/α,β-unsaturated/α-hetero) is 1. The van der Waals surface area contributed by atoms with Crippen molar-refractivity contribution in [3.63, 3.8) is 0 Å². The molecule has 35 heavy (non-hydrogen) atoms. The molecule has 200 valence electrons. The molecule has 1 aromatic carbocycles. The summed E-state index contributed by atoms with van der Waals surface area (Å²) >= 11 is 0. The molecule has 0 amide bonds. The summed E-state index contributed by atoms with van der Waals surface area (Å²) in [6.07, 6.45) is 3.16. The predicted molar refractivity (Wildman–Crippen MR) is 139 cm³/mol. The third-order valence-electron chi connectivity index (χ3n) is 7.06. The van der Waals surface area contributed by atoms with E-state index < -0.39 is 17.2 Å². The molecule has 0 unspecified atom stereocenters. The lowest BCUT2D eigenvalue weighted by Gasteiger charge is -2.42. The average Bonchev–Trinajstić information content (AvgIpc) is 2.70. The van der Waals surface area contributed by atoms with E-state index in [-0.39, 0.29) is 31.5 Å². The second-order valence-corrected chi connectivity index (χ2v) is 10.9. The Hall–Kier alpha value is -1.69. The predicted octanol–water partition coefficient (Wildman–Crippen LogP) is 9.01. The van der Waals surface area contributed by atoms with E-state index in [4.69, 9.17) is 0 Å². The number of carbonyl (C=O) groups excluding carboxylic acids is 1. The highest BCUT2D eigenvalue weighted by molar-refractivity contribution is 5.84. The van der Waals surface area contributed by atoms with Crippen LogP contribution < -0.4 is 0 Å². The Bertz CT molecular complexity index is 829. The van der Waals surface area contributed by atoms with Crippen molar-refractivity contribution < 1.29 is 23.1 Å². The minimum atomic E-state index is -4.20. The van der Waals surface area contributed by atoms with Crippen molar-refractivity contribution in [3.8, 4) is 0 Å². The highest BCUT2D eigenvalue weighted by Crippen LogP contribution is 2.55. The number of alkyl halides is 3. The van der Waals surface area contributed by atoms with Gasteiger partial charge in [-0.15, -0.1) is 0 Å². The highest BCUT2D eigenvalue weighted by atomic mass is 19.4. The van der Waals surface area contributed by atoms with Gasteiger partial charge in [-0.2, -0.15) is 13.2 Å². The molecular weight excluding hydrogens is 451 g/mol. The normalized spacial score (nSPS) is 17.7. The molecule has 3 rings (SSSR count). The maximum atomic E-state index is 12.5. The lowest BCUT2D eigenvalue weighted by molar-refractivity contribution is -0.251. The van der Waals surface area contributed by atoms with Gasteiger partial charge in [0.2, 0.25) is 0 Å². The van der Waals surface area contributed by atoms with Crippen LogP contribution in [0.15, 0.2) is 23.2 Å². The van der Waals surface area contributed by atoms with Gasteiger partial charge in [-0.3, -0.25) is 9.79 Å². The number of benzene rings is 1. The number of carbonyl (C=O) groups is 1. The molecule has 0 saturated heterocycles. The molecule has 0 atom stereocenters. The molecule has 0 bridgehead atoms. The molecule has 0 spiro atoms. The van der Waals surface area contributed by atoms with E-state index in [9.17, 15) is 23.1 Å². The van der Waals surface area contributed by atoms with E-state index >= 15 is 0 Å². The second-order valence-electron chi connectivity index (χ2n) is 10.9. The average molecular weight is 498 g/mol. The van der Waals surface area contributed by atoms with Crippen molar-refractivity contribution in [1.82, 2.24) is 0 Å². The largest absolute Gasteiger partial charge is 0.394 e. The number of hydrogen-bond acceptors (Lipinski definition) is 3. The lowest BCUT2D eigenvalue weighted by atomic mass is 9.65. The summed E-state index contributed by atoms with van der Waals surface area (Å²) in [5.41, 5.74) is 1.75. The topological polar surface area (TPSA) is 49.7 Å². The van der Waals surface area contributed by atoms with E-state index in [1.54, 1.807) is 20.8 Å². The van der Waals surface area contributed by atoms with Crippen LogP contribution in [0.2, 0.25) is 0 Å². The highest BCUT2D eigenvalue weighted by Gasteiger charge is 2.58. The molecule has 2 saturated carbocycles. The van der Waals surface area contributed by atoms with Gasteiger partial charge in [-0.25, -0.2) is 0 Å². The van der Waals surface area contributed by atoms with Crippen molar-refractivity contribution in [2.24, 2.45) is 16.3 Å². The van der Waals surface area contributed by atoms with Crippen LogP contribution in [0.3, 0.4) is 0 Å². The molecular formula is C29H46F3NO2. The number of rotatable bonds is 7. The zero-order valence-electron chi connectivity index (χ0n) is 22.8. The third-order valence-corrected chi connectivity index (χ3v) is 7.06.